The van der Waals surface area contributed by atoms with E-state index in [9.17, 15) is 0 Å². The highest BCUT2D eigenvalue weighted by atomic mass is 32.2. The molecule has 1 aliphatic heterocycles. The standard InChI is InChI=1S/C46H31N3S/c1-5-16-32(17-6-1)43-47-44(33-18-7-2-8-19-33)49-45(48-43)36-21-15-20-34(30-36)35-28-29-42-40(31-35)46(37-22-9-3-10-23-37,38-24-11-4-12-25-38)39-26-13-14-27-41(39)50-42/h1-31H. The van der Waals surface area contributed by atoms with Crippen LogP contribution in [0.5, 0.6) is 0 Å². The van der Waals surface area contributed by atoms with Crippen LogP contribution in [0.3, 0.4) is 0 Å². The molecular formula is C46H31N3S. The number of fused-ring (bicyclic) bond motifs is 2. The van der Waals surface area contributed by atoms with Crippen molar-refractivity contribution in [3.63, 3.8) is 0 Å². The maximum Gasteiger partial charge on any atom is 0.164 e. The molecule has 8 aromatic rings. The van der Waals surface area contributed by atoms with E-state index in [1.165, 1.54) is 32.0 Å². The van der Waals surface area contributed by atoms with E-state index < -0.39 is 5.41 Å². The van der Waals surface area contributed by atoms with Gasteiger partial charge in [-0.05, 0) is 57.6 Å². The van der Waals surface area contributed by atoms with Crippen molar-refractivity contribution in [2.45, 2.75) is 15.2 Å². The SMILES string of the molecule is c1ccc(-c2nc(-c3ccccc3)nc(-c3cccc(-c4ccc5c(c4)C(c4ccccc4)(c4ccccc4)c4ccccc4S5)c3)n2)cc1. The van der Waals surface area contributed by atoms with E-state index in [1.54, 1.807) is 0 Å². The summed E-state index contributed by atoms with van der Waals surface area (Å²) < 4.78 is 0. The Balaban J connectivity index is 1.22. The molecular weight excluding hydrogens is 627 g/mol. The van der Waals surface area contributed by atoms with Crippen LogP contribution in [0, 0.1) is 0 Å². The summed E-state index contributed by atoms with van der Waals surface area (Å²) in [6.45, 7) is 0. The van der Waals surface area contributed by atoms with Crippen LogP contribution < -0.4 is 0 Å². The predicted molar refractivity (Wildman–Crippen MR) is 204 cm³/mol. The third kappa shape index (κ3) is 5.22. The second-order valence-corrected chi connectivity index (χ2v) is 13.5. The molecule has 0 bridgehead atoms. The molecule has 50 heavy (non-hydrogen) atoms. The van der Waals surface area contributed by atoms with Gasteiger partial charge in [0.25, 0.3) is 0 Å². The van der Waals surface area contributed by atoms with Crippen LogP contribution in [-0.4, -0.2) is 15.0 Å². The van der Waals surface area contributed by atoms with Gasteiger partial charge in [-0.15, -0.1) is 0 Å². The van der Waals surface area contributed by atoms with Crippen molar-refractivity contribution >= 4 is 11.8 Å². The molecule has 0 saturated heterocycles. The molecule has 0 unspecified atom stereocenters. The number of hydrogen-bond donors (Lipinski definition) is 0. The molecule has 4 heteroatoms. The van der Waals surface area contributed by atoms with Gasteiger partial charge in [-0.1, -0.05) is 176 Å². The summed E-state index contributed by atoms with van der Waals surface area (Å²) in [7, 11) is 0. The molecule has 0 amide bonds. The van der Waals surface area contributed by atoms with Crippen LogP contribution in [0.1, 0.15) is 22.3 Å². The summed E-state index contributed by atoms with van der Waals surface area (Å²) in [5.41, 5.74) is 9.67. The average Bonchev–Trinajstić information content (AvgIpc) is 3.21. The van der Waals surface area contributed by atoms with Gasteiger partial charge >= 0.3 is 0 Å². The number of benzene rings is 7. The lowest BCUT2D eigenvalue weighted by atomic mass is 9.64. The molecule has 0 saturated carbocycles. The molecule has 236 valence electrons. The number of hydrogen-bond acceptors (Lipinski definition) is 4. The number of nitrogens with zero attached hydrogens (tertiary/aromatic N) is 3. The van der Waals surface area contributed by atoms with Gasteiger partial charge in [-0.3, -0.25) is 0 Å². The zero-order chi connectivity index (χ0) is 33.3. The van der Waals surface area contributed by atoms with E-state index in [2.05, 4.69) is 127 Å². The Hall–Kier alpha value is -6.10. The van der Waals surface area contributed by atoms with Gasteiger partial charge in [-0.2, -0.15) is 0 Å². The van der Waals surface area contributed by atoms with Crippen LogP contribution >= 0.6 is 11.8 Å². The largest absolute Gasteiger partial charge is 0.208 e. The van der Waals surface area contributed by atoms with Gasteiger partial charge < -0.3 is 0 Å². The molecule has 3 nitrogen and oxygen atoms in total. The highest BCUT2D eigenvalue weighted by molar-refractivity contribution is 7.99. The lowest BCUT2D eigenvalue weighted by molar-refractivity contribution is 0.703. The van der Waals surface area contributed by atoms with Crippen LogP contribution in [0.4, 0.5) is 0 Å². The fourth-order valence-electron chi connectivity index (χ4n) is 7.16. The summed E-state index contributed by atoms with van der Waals surface area (Å²) >= 11 is 1.85. The molecule has 0 aliphatic carbocycles. The maximum atomic E-state index is 5.01. The minimum absolute atomic E-state index is 0.489. The molecule has 9 rings (SSSR count). The van der Waals surface area contributed by atoms with Crippen molar-refractivity contribution in [1.82, 2.24) is 15.0 Å². The van der Waals surface area contributed by atoms with Gasteiger partial charge in [0, 0.05) is 26.5 Å². The first-order valence-electron chi connectivity index (χ1n) is 16.8. The molecule has 0 atom stereocenters. The molecule has 0 N–H and O–H groups in total. The van der Waals surface area contributed by atoms with Crippen LogP contribution in [0.25, 0.3) is 45.3 Å². The van der Waals surface area contributed by atoms with Crippen molar-refractivity contribution in [3.8, 4) is 45.3 Å². The Labute approximate surface area is 296 Å². The van der Waals surface area contributed by atoms with Crippen molar-refractivity contribution in [3.05, 3.63) is 210 Å². The first-order valence-corrected chi connectivity index (χ1v) is 17.6. The Morgan fingerprint density at radius 2 is 0.760 bits per heavy atom. The van der Waals surface area contributed by atoms with Gasteiger partial charge in [0.05, 0.1) is 5.41 Å². The van der Waals surface area contributed by atoms with E-state index in [0.29, 0.717) is 17.5 Å². The number of rotatable bonds is 6. The second kappa shape index (κ2) is 12.7. The maximum absolute atomic E-state index is 5.01. The molecule has 1 aliphatic rings. The fraction of sp³-hybridized carbons (Fsp3) is 0.0217. The Kier molecular flexibility index (Phi) is 7.64. The monoisotopic (exact) mass is 657 g/mol. The smallest absolute Gasteiger partial charge is 0.164 e. The molecule has 1 aromatic heterocycles. The van der Waals surface area contributed by atoms with E-state index in [4.69, 9.17) is 15.0 Å². The van der Waals surface area contributed by atoms with Crippen molar-refractivity contribution in [1.29, 1.82) is 0 Å². The lowest BCUT2D eigenvalue weighted by Crippen LogP contribution is -2.34. The minimum Gasteiger partial charge on any atom is -0.208 e. The normalized spacial score (nSPS) is 12.9. The topological polar surface area (TPSA) is 38.7 Å². The first kappa shape index (κ1) is 30.0. The Morgan fingerprint density at radius 3 is 1.36 bits per heavy atom. The predicted octanol–water partition coefficient (Wildman–Crippen LogP) is 11.4. The third-order valence-electron chi connectivity index (χ3n) is 9.46. The number of aromatic nitrogens is 3. The van der Waals surface area contributed by atoms with Crippen LogP contribution in [-0.2, 0) is 5.41 Å². The molecule has 0 fully saturated rings. The van der Waals surface area contributed by atoms with E-state index in [0.717, 1.165) is 27.8 Å². The van der Waals surface area contributed by atoms with Gasteiger partial charge in [0.2, 0.25) is 0 Å². The van der Waals surface area contributed by atoms with E-state index >= 15 is 0 Å². The highest BCUT2D eigenvalue weighted by Crippen LogP contribution is 2.56. The van der Waals surface area contributed by atoms with Gasteiger partial charge in [0.15, 0.2) is 17.5 Å². The zero-order valence-electron chi connectivity index (χ0n) is 27.1. The minimum atomic E-state index is -0.489. The van der Waals surface area contributed by atoms with Crippen molar-refractivity contribution < 1.29 is 0 Å². The van der Waals surface area contributed by atoms with Crippen LogP contribution in [0.15, 0.2) is 198 Å². The Bertz CT molecular complexity index is 2350. The third-order valence-corrected chi connectivity index (χ3v) is 10.6. The quantitative estimate of drug-likeness (QED) is 0.178. The summed E-state index contributed by atoms with van der Waals surface area (Å²) in [5, 5.41) is 0. The molecule has 2 heterocycles. The zero-order valence-corrected chi connectivity index (χ0v) is 28.0. The van der Waals surface area contributed by atoms with Crippen molar-refractivity contribution in [2.75, 3.05) is 0 Å². The average molecular weight is 658 g/mol. The first-order chi connectivity index (χ1) is 24.8. The van der Waals surface area contributed by atoms with Gasteiger partial charge in [-0.25, -0.2) is 15.0 Å². The Morgan fingerprint density at radius 1 is 0.320 bits per heavy atom. The van der Waals surface area contributed by atoms with Crippen molar-refractivity contribution in [2.24, 2.45) is 0 Å². The molecule has 0 radical (unpaired) electrons. The summed E-state index contributed by atoms with van der Waals surface area (Å²) in [4.78, 5) is 17.4. The highest BCUT2D eigenvalue weighted by Gasteiger charge is 2.44. The second-order valence-electron chi connectivity index (χ2n) is 12.4. The van der Waals surface area contributed by atoms with Gasteiger partial charge in [0.1, 0.15) is 0 Å². The lowest BCUT2D eigenvalue weighted by Gasteiger charge is -2.42. The van der Waals surface area contributed by atoms with Crippen LogP contribution in [0.2, 0.25) is 0 Å². The molecule has 0 spiro atoms. The van der Waals surface area contributed by atoms with E-state index in [-0.39, 0.29) is 0 Å². The fourth-order valence-corrected chi connectivity index (χ4v) is 8.33. The summed E-state index contributed by atoms with van der Waals surface area (Å²) in [6, 6.07) is 66.5. The molecule has 7 aromatic carbocycles. The van der Waals surface area contributed by atoms with E-state index in [1.807, 2.05) is 72.4 Å². The summed E-state index contributed by atoms with van der Waals surface area (Å²) in [5.74, 6) is 1.95. The summed E-state index contributed by atoms with van der Waals surface area (Å²) in [6.07, 6.45) is 0.